The van der Waals surface area contributed by atoms with E-state index < -0.39 is 34.7 Å². The maximum atomic E-state index is 12.9. The molecule has 0 fully saturated rings. The second-order valence-electron chi connectivity index (χ2n) is 7.89. The van der Waals surface area contributed by atoms with Crippen molar-refractivity contribution in [2.75, 3.05) is 5.32 Å². The maximum absolute atomic E-state index is 12.9. The summed E-state index contributed by atoms with van der Waals surface area (Å²) >= 11 is 0. The number of nitriles is 1. The third-order valence-corrected chi connectivity index (χ3v) is 5.65. The molecular weight excluding hydrogens is 450 g/mol. The van der Waals surface area contributed by atoms with Gasteiger partial charge in [-0.2, -0.15) is 5.26 Å². The Labute approximate surface area is 199 Å². The molecule has 2 atom stereocenters. The largest absolute Gasteiger partial charge is 0.501 e. The molecule has 0 radical (unpaired) electrons. The van der Waals surface area contributed by atoms with Gasteiger partial charge < -0.3 is 14.9 Å². The normalized spacial score (nSPS) is 12.5. The zero-order chi connectivity index (χ0) is 25.1. The molecule has 0 unspecified atom stereocenters. The summed E-state index contributed by atoms with van der Waals surface area (Å²) in [5.41, 5.74) is 0.744. The number of nitrogens with one attached hydrogen (secondary N) is 1. The van der Waals surface area contributed by atoms with Gasteiger partial charge in [0.1, 0.15) is 23.6 Å². The van der Waals surface area contributed by atoms with E-state index in [0.29, 0.717) is 22.6 Å². The fraction of sp³-hybridized carbons (Fsp3) is 0.208. The number of hydrogen-bond acceptors (Lipinski definition) is 9. The van der Waals surface area contributed by atoms with Crippen LogP contribution in [-0.4, -0.2) is 35.7 Å². The number of hydrogen-bond donors (Lipinski definition) is 2. The molecule has 0 aliphatic heterocycles. The molecule has 0 saturated heterocycles. The summed E-state index contributed by atoms with van der Waals surface area (Å²) in [5.74, 6) is -1.89. The lowest BCUT2D eigenvalue weighted by atomic mass is 9.81. The molecule has 0 aliphatic carbocycles. The fourth-order valence-corrected chi connectivity index (χ4v) is 3.98. The number of carbonyl (C=O) groups is 1. The lowest BCUT2D eigenvalue weighted by Crippen LogP contribution is -2.29. The van der Waals surface area contributed by atoms with Crippen molar-refractivity contribution < 1.29 is 14.4 Å². The summed E-state index contributed by atoms with van der Waals surface area (Å²) in [6.45, 7) is 3.57. The van der Waals surface area contributed by atoms with Crippen molar-refractivity contribution in [1.29, 1.82) is 5.26 Å². The molecule has 35 heavy (non-hydrogen) atoms. The Hall–Kier alpha value is -4.85. The minimum Gasteiger partial charge on any atom is -0.501 e. The van der Waals surface area contributed by atoms with Gasteiger partial charge in [-0.1, -0.05) is 30.3 Å². The van der Waals surface area contributed by atoms with Crippen LogP contribution in [0.4, 0.5) is 5.69 Å². The maximum Gasteiger partial charge on any atom is 0.296 e. The topological polar surface area (TPSA) is 160 Å². The Morgan fingerprint density at radius 3 is 2.71 bits per heavy atom. The Kier molecular flexibility index (Phi) is 6.37. The van der Waals surface area contributed by atoms with Crippen molar-refractivity contribution in [2.45, 2.75) is 25.7 Å². The zero-order valence-corrected chi connectivity index (χ0v) is 19.1. The van der Waals surface area contributed by atoms with Crippen molar-refractivity contribution in [3.8, 4) is 11.8 Å². The summed E-state index contributed by atoms with van der Waals surface area (Å²) in [6.07, 6.45) is 4.09. The molecule has 0 spiro atoms. The van der Waals surface area contributed by atoms with Crippen LogP contribution in [0.2, 0.25) is 0 Å². The summed E-state index contributed by atoms with van der Waals surface area (Å²) in [7, 11) is 1.46. The standard InChI is InChI=1S/C24H21N7O4/c1-13(19(18-8-9-26-14(2)28-18)17-7-5-4-6-15(17)10-25)22-30-20(21(32)24(34)31(22)3)23(33)29-16-11-27-35-12-16/h4-9,11-13,19,32H,1-3H3,(H,29,33)/t13-,19-/m0/s1. The number of carbonyl (C=O) groups excluding carboxylic acids is 1. The van der Waals surface area contributed by atoms with E-state index in [0.717, 1.165) is 0 Å². The van der Waals surface area contributed by atoms with Crippen LogP contribution in [0.25, 0.3) is 0 Å². The zero-order valence-electron chi connectivity index (χ0n) is 19.1. The van der Waals surface area contributed by atoms with Gasteiger partial charge >= 0.3 is 0 Å². The summed E-state index contributed by atoms with van der Waals surface area (Å²) in [5, 5.41) is 26.1. The van der Waals surface area contributed by atoms with Crippen LogP contribution >= 0.6 is 0 Å². The van der Waals surface area contributed by atoms with E-state index in [9.17, 15) is 20.0 Å². The van der Waals surface area contributed by atoms with Crippen LogP contribution < -0.4 is 10.9 Å². The van der Waals surface area contributed by atoms with Crippen molar-refractivity contribution in [3.05, 3.63) is 93.5 Å². The summed E-state index contributed by atoms with van der Waals surface area (Å²) in [4.78, 5) is 38.8. The lowest BCUT2D eigenvalue weighted by molar-refractivity contribution is 0.101. The lowest BCUT2D eigenvalue weighted by Gasteiger charge is -2.26. The van der Waals surface area contributed by atoms with Gasteiger partial charge in [0.25, 0.3) is 11.5 Å². The van der Waals surface area contributed by atoms with E-state index in [1.165, 1.54) is 24.1 Å². The number of nitrogens with zero attached hydrogens (tertiary/aromatic N) is 6. The third-order valence-electron chi connectivity index (χ3n) is 5.65. The van der Waals surface area contributed by atoms with Gasteiger partial charge in [0, 0.05) is 25.1 Å². The first-order chi connectivity index (χ1) is 16.8. The van der Waals surface area contributed by atoms with E-state index in [2.05, 4.69) is 31.5 Å². The predicted octanol–water partition coefficient (Wildman–Crippen LogP) is 2.63. The van der Waals surface area contributed by atoms with Crippen molar-refractivity contribution in [1.82, 2.24) is 24.7 Å². The molecule has 11 heteroatoms. The van der Waals surface area contributed by atoms with Crippen LogP contribution in [0, 0.1) is 18.3 Å². The van der Waals surface area contributed by atoms with Gasteiger partial charge in [0.15, 0.2) is 5.69 Å². The van der Waals surface area contributed by atoms with Crippen LogP contribution in [0.15, 0.2) is 58.3 Å². The Bertz CT molecular complexity index is 1490. The molecule has 0 aliphatic rings. The van der Waals surface area contributed by atoms with Crippen molar-refractivity contribution in [3.63, 3.8) is 0 Å². The first-order valence-corrected chi connectivity index (χ1v) is 10.6. The number of aromatic hydroxyl groups is 1. The monoisotopic (exact) mass is 471 g/mol. The number of rotatable bonds is 6. The Balaban J connectivity index is 1.87. The van der Waals surface area contributed by atoms with Gasteiger partial charge in [-0.3, -0.25) is 14.2 Å². The van der Waals surface area contributed by atoms with Crippen molar-refractivity contribution >= 4 is 11.6 Å². The molecule has 1 amide bonds. The highest BCUT2D eigenvalue weighted by atomic mass is 16.5. The smallest absolute Gasteiger partial charge is 0.296 e. The second kappa shape index (κ2) is 9.56. The van der Waals surface area contributed by atoms with E-state index >= 15 is 0 Å². The van der Waals surface area contributed by atoms with Gasteiger partial charge in [0.2, 0.25) is 5.75 Å². The molecule has 3 aromatic heterocycles. The van der Waals surface area contributed by atoms with Gasteiger partial charge in [-0.15, -0.1) is 0 Å². The number of anilines is 1. The highest BCUT2D eigenvalue weighted by Gasteiger charge is 2.31. The molecule has 3 heterocycles. The van der Waals surface area contributed by atoms with Crippen LogP contribution in [0.3, 0.4) is 0 Å². The number of benzene rings is 1. The molecule has 11 nitrogen and oxygen atoms in total. The van der Waals surface area contributed by atoms with Crippen LogP contribution in [0.1, 0.15) is 57.7 Å². The van der Waals surface area contributed by atoms with E-state index in [4.69, 9.17) is 4.52 Å². The minimum absolute atomic E-state index is 0.220. The highest BCUT2D eigenvalue weighted by Crippen LogP contribution is 2.38. The number of aromatic nitrogens is 5. The van der Waals surface area contributed by atoms with Crippen molar-refractivity contribution in [2.24, 2.45) is 7.05 Å². The molecule has 4 rings (SSSR count). The number of amides is 1. The Morgan fingerprint density at radius 1 is 1.26 bits per heavy atom. The van der Waals surface area contributed by atoms with Crippen LogP contribution in [-0.2, 0) is 7.05 Å². The van der Waals surface area contributed by atoms with Gasteiger partial charge in [0.05, 0.1) is 23.5 Å². The second-order valence-corrected chi connectivity index (χ2v) is 7.89. The van der Waals surface area contributed by atoms with Crippen LogP contribution in [0.5, 0.6) is 5.75 Å². The third kappa shape index (κ3) is 4.49. The fourth-order valence-electron chi connectivity index (χ4n) is 3.98. The first kappa shape index (κ1) is 23.3. The highest BCUT2D eigenvalue weighted by molar-refractivity contribution is 6.04. The van der Waals surface area contributed by atoms with E-state index in [-0.39, 0.29) is 11.5 Å². The SMILES string of the molecule is Cc1nccc([C@H](c2ccccc2C#N)[C@H](C)c2nc(C(=O)Nc3cnoc3)c(O)c(=O)n2C)n1. The molecule has 0 bridgehead atoms. The molecule has 2 N–H and O–H groups in total. The van der Waals surface area contributed by atoms with Gasteiger partial charge in [-0.25, -0.2) is 15.0 Å². The molecule has 4 aromatic rings. The van der Waals surface area contributed by atoms with Gasteiger partial charge in [-0.05, 0) is 24.6 Å². The first-order valence-electron chi connectivity index (χ1n) is 10.6. The molecule has 1 aromatic carbocycles. The molecular formula is C24H21N7O4. The predicted molar refractivity (Wildman–Crippen MR) is 124 cm³/mol. The summed E-state index contributed by atoms with van der Waals surface area (Å²) < 4.78 is 5.88. The minimum atomic E-state index is -0.802. The van der Waals surface area contributed by atoms with E-state index in [1.807, 2.05) is 19.1 Å². The average molecular weight is 471 g/mol. The average Bonchev–Trinajstić information content (AvgIpc) is 3.36. The molecule has 176 valence electrons. The Morgan fingerprint density at radius 2 is 2.03 bits per heavy atom. The number of aryl methyl sites for hydroxylation is 1. The summed E-state index contributed by atoms with van der Waals surface area (Å²) in [6, 6.07) is 11.0. The van der Waals surface area contributed by atoms with E-state index in [1.54, 1.807) is 31.3 Å². The molecule has 0 saturated carbocycles. The quantitative estimate of drug-likeness (QED) is 0.431.